The minimum absolute atomic E-state index is 0.0557. The predicted octanol–water partition coefficient (Wildman–Crippen LogP) is 4.02. The number of hydrogen-bond acceptors (Lipinski definition) is 8. The molecule has 0 aliphatic heterocycles. The number of aromatic nitrogens is 5. The molecule has 212 valence electrons. The van der Waals surface area contributed by atoms with Crippen LogP contribution in [0.3, 0.4) is 0 Å². The number of aryl methyl sites for hydroxylation is 2. The fraction of sp³-hybridized carbons (Fsp3) is 0.222. The molecule has 3 heterocycles. The van der Waals surface area contributed by atoms with E-state index in [1.54, 1.807) is 30.5 Å². The van der Waals surface area contributed by atoms with E-state index < -0.39 is 18.0 Å². The molecule has 0 aliphatic rings. The summed E-state index contributed by atoms with van der Waals surface area (Å²) >= 11 is -0.129. The van der Waals surface area contributed by atoms with Crippen molar-refractivity contribution in [2.24, 2.45) is 0 Å². The van der Waals surface area contributed by atoms with Crippen molar-refractivity contribution in [3.63, 3.8) is 0 Å². The summed E-state index contributed by atoms with van der Waals surface area (Å²) in [6.07, 6.45) is 0.0634. The van der Waals surface area contributed by atoms with Gasteiger partial charge in [-0.25, -0.2) is 0 Å². The van der Waals surface area contributed by atoms with Crippen LogP contribution in [-0.2, 0) is 28.9 Å². The minimum Gasteiger partial charge on any atom is -0.406 e. The molecule has 2 amide bonds. The molecular weight excluding hydrogens is 606 g/mol. The van der Waals surface area contributed by atoms with Crippen LogP contribution in [0.25, 0.3) is 5.57 Å². The van der Waals surface area contributed by atoms with Crippen molar-refractivity contribution < 1.29 is 27.5 Å². The zero-order valence-electron chi connectivity index (χ0n) is 21.5. The van der Waals surface area contributed by atoms with Gasteiger partial charge in [-0.2, -0.15) is 0 Å². The van der Waals surface area contributed by atoms with E-state index in [4.69, 9.17) is 0 Å². The Morgan fingerprint density at radius 3 is 2.46 bits per heavy atom. The van der Waals surface area contributed by atoms with Gasteiger partial charge in [-0.1, -0.05) is 18.7 Å². The smallest absolute Gasteiger partial charge is 0.406 e. The fourth-order valence-electron chi connectivity index (χ4n) is 3.58. The largest absolute Gasteiger partial charge is 0.573 e. The standard InChI is InChI=1S/C27H24F3N7O3Se/c1-17(18-7-6-10-21(15-18)40-27(28,29)30)25(39)32-22-13-12-19(34-35-22)8-2-3-11-24-36-37-26(41-24)33-23(38)16-20-9-4-5-14-31-20/h4-7,9-10,12-15H,1-3,8,11,16H2,(H,32,35,39)(H,33,37,38). The summed E-state index contributed by atoms with van der Waals surface area (Å²) in [5.74, 6) is -1.08. The van der Waals surface area contributed by atoms with Crippen molar-refractivity contribution in [2.75, 3.05) is 10.6 Å². The number of alkyl halides is 3. The Balaban J connectivity index is 1.18. The van der Waals surface area contributed by atoms with Gasteiger partial charge in [0.05, 0.1) is 0 Å². The molecular formula is C27H24F3N7O3Se. The molecule has 0 unspecified atom stereocenters. The van der Waals surface area contributed by atoms with E-state index in [0.717, 1.165) is 41.7 Å². The number of benzene rings is 1. The van der Waals surface area contributed by atoms with Gasteiger partial charge in [-0.15, -0.1) is 13.2 Å². The van der Waals surface area contributed by atoms with Gasteiger partial charge < -0.3 is 4.74 Å². The maximum Gasteiger partial charge on any atom is 0.573 e. The molecule has 1 aromatic carbocycles. The number of carbonyl (C=O) groups excluding carboxylic acids is 2. The number of anilines is 2. The zero-order valence-corrected chi connectivity index (χ0v) is 23.2. The van der Waals surface area contributed by atoms with Crippen molar-refractivity contribution in [1.29, 1.82) is 0 Å². The van der Waals surface area contributed by atoms with E-state index in [0.29, 0.717) is 16.8 Å². The third kappa shape index (κ3) is 9.62. The molecule has 0 atom stereocenters. The fourth-order valence-corrected chi connectivity index (χ4v) is 5.26. The minimum atomic E-state index is -4.84. The second kappa shape index (κ2) is 13.8. The van der Waals surface area contributed by atoms with Crippen LogP contribution in [-0.4, -0.2) is 58.1 Å². The summed E-state index contributed by atoms with van der Waals surface area (Å²) in [6.45, 7) is 3.66. The molecule has 0 fully saturated rings. The van der Waals surface area contributed by atoms with E-state index in [1.807, 2.05) is 6.07 Å². The summed E-state index contributed by atoms with van der Waals surface area (Å²) in [5.41, 5.74) is 1.54. The average Bonchev–Trinajstić information content (AvgIpc) is 3.38. The molecule has 4 aromatic rings. The number of ether oxygens (including phenoxy) is 1. The topological polar surface area (TPSA) is 132 Å². The molecule has 0 saturated carbocycles. The molecule has 14 heteroatoms. The number of hydrogen-bond donors (Lipinski definition) is 2. The zero-order chi connectivity index (χ0) is 29.2. The third-order valence-electron chi connectivity index (χ3n) is 5.51. The summed E-state index contributed by atoms with van der Waals surface area (Å²) in [6, 6.07) is 13.7. The number of amides is 2. The van der Waals surface area contributed by atoms with E-state index in [1.165, 1.54) is 12.1 Å². The van der Waals surface area contributed by atoms with Crippen molar-refractivity contribution in [1.82, 2.24) is 25.4 Å². The number of pyridine rings is 1. The van der Waals surface area contributed by atoms with Crippen LogP contribution in [0.15, 0.2) is 67.4 Å². The number of halogens is 3. The molecule has 3 aromatic heterocycles. The van der Waals surface area contributed by atoms with Crippen molar-refractivity contribution in [3.8, 4) is 5.75 Å². The van der Waals surface area contributed by atoms with Gasteiger partial charge in [0.15, 0.2) is 0 Å². The monoisotopic (exact) mass is 631 g/mol. The summed E-state index contributed by atoms with van der Waals surface area (Å²) in [5, 5.41) is 21.7. The van der Waals surface area contributed by atoms with E-state index >= 15 is 0 Å². The first kappa shape index (κ1) is 29.6. The second-order valence-corrected chi connectivity index (χ2v) is 10.9. The number of rotatable bonds is 12. The van der Waals surface area contributed by atoms with Crippen LogP contribution in [0, 0.1) is 0 Å². The van der Waals surface area contributed by atoms with Crippen LogP contribution in [0.4, 0.5) is 23.7 Å². The Labute approximate surface area is 238 Å². The van der Waals surface area contributed by atoms with Gasteiger partial charge in [-0.3, -0.25) is 0 Å². The Hall–Kier alpha value is -4.42. The first-order chi connectivity index (χ1) is 19.6. The van der Waals surface area contributed by atoms with Crippen LogP contribution < -0.4 is 15.4 Å². The summed E-state index contributed by atoms with van der Waals surface area (Å²) in [4.78, 5) is 28.8. The number of nitrogens with zero attached hydrogens (tertiary/aromatic N) is 5. The van der Waals surface area contributed by atoms with Gasteiger partial charge in [0, 0.05) is 0 Å². The molecule has 10 nitrogen and oxygen atoms in total. The molecule has 0 aliphatic carbocycles. The Morgan fingerprint density at radius 2 is 1.73 bits per heavy atom. The van der Waals surface area contributed by atoms with Crippen molar-refractivity contribution in [3.05, 3.63) is 88.9 Å². The maximum atomic E-state index is 12.5. The molecule has 0 radical (unpaired) electrons. The molecule has 0 saturated heterocycles. The van der Waals surface area contributed by atoms with Crippen LogP contribution in [0.5, 0.6) is 5.75 Å². The second-order valence-electron chi connectivity index (χ2n) is 8.67. The molecule has 41 heavy (non-hydrogen) atoms. The van der Waals surface area contributed by atoms with Gasteiger partial charge in [0.1, 0.15) is 5.75 Å². The number of carbonyl (C=O) groups is 2. The van der Waals surface area contributed by atoms with Gasteiger partial charge >= 0.3 is 179 Å². The van der Waals surface area contributed by atoms with Crippen LogP contribution in [0.1, 0.15) is 34.4 Å². The third-order valence-corrected chi connectivity index (χ3v) is 7.39. The quantitative estimate of drug-likeness (QED) is 0.136. The van der Waals surface area contributed by atoms with Crippen LogP contribution in [0.2, 0.25) is 0 Å². The Bertz CT molecular complexity index is 1500. The van der Waals surface area contributed by atoms with Crippen molar-refractivity contribution in [2.45, 2.75) is 38.5 Å². The summed E-state index contributed by atoms with van der Waals surface area (Å²) in [7, 11) is 0. The predicted molar refractivity (Wildman–Crippen MR) is 145 cm³/mol. The SMILES string of the molecule is C=C(C(=O)Nc1ccc(CCCCc2nnc(NC(=O)Cc3ccccn3)[se]2)nn1)c1cccc(OC(F)(F)F)c1. The Kier molecular flexibility index (Phi) is 9.93. The molecule has 4 rings (SSSR count). The normalized spacial score (nSPS) is 11.1. The number of nitrogens with one attached hydrogen (secondary N) is 2. The Morgan fingerprint density at radius 1 is 0.902 bits per heavy atom. The van der Waals surface area contributed by atoms with Crippen LogP contribution >= 0.6 is 0 Å². The van der Waals surface area contributed by atoms with E-state index in [9.17, 15) is 22.8 Å². The first-order valence-electron chi connectivity index (χ1n) is 12.4. The average molecular weight is 630 g/mol. The van der Waals surface area contributed by atoms with E-state index in [-0.39, 0.29) is 43.8 Å². The molecule has 0 bridgehead atoms. The first-order valence-corrected chi connectivity index (χ1v) is 14.1. The van der Waals surface area contributed by atoms with Crippen molar-refractivity contribution >= 4 is 42.4 Å². The molecule has 0 spiro atoms. The maximum absolute atomic E-state index is 12.5. The summed E-state index contributed by atoms with van der Waals surface area (Å²) < 4.78 is 42.8. The van der Waals surface area contributed by atoms with Gasteiger partial charge in [-0.05, 0) is 17.7 Å². The van der Waals surface area contributed by atoms with Gasteiger partial charge in [0.2, 0.25) is 0 Å². The number of unbranched alkanes of at least 4 members (excludes halogenated alkanes) is 1. The van der Waals surface area contributed by atoms with E-state index in [2.05, 4.69) is 47.3 Å². The molecule has 2 N–H and O–H groups in total. The van der Waals surface area contributed by atoms with Gasteiger partial charge in [0.25, 0.3) is 0 Å².